The van der Waals surface area contributed by atoms with Crippen LogP contribution < -0.4 is 16.2 Å². The third-order valence-corrected chi connectivity index (χ3v) is 4.72. The Balaban J connectivity index is 1.47. The van der Waals surface area contributed by atoms with Crippen molar-refractivity contribution in [3.8, 4) is 0 Å². The molecule has 3 rings (SSSR count). The number of carbonyl (C=O) groups excluding carboxylic acids is 1. The summed E-state index contributed by atoms with van der Waals surface area (Å²) in [6, 6.07) is 4.41. The summed E-state index contributed by atoms with van der Waals surface area (Å²) >= 11 is 0. The fourth-order valence-electron chi connectivity index (χ4n) is 3.41. The van der Waals surface area contributed by atoms with E-state index in [9.17, 15) is 4.79 Å². The molecule has 1 aromatic heterocycles. The Bertz CT molecular complexity index is 495. The van der Waals surface area contributed by atoms with Gasteiger partial charge in [-0.3, -0.25) is 14.7 Å². The van der Waals surface area contributed by atoms with Gasteiger partial charge in [-0.05, 0) is 44.0 Å². The van der Waals surface area contributed by atoms with E-state index in [-0.39, 0.29) is 18.0 Å². The first-order valence-electron chi connectivity index (χ1n) is 8.20. The molecule has 0 saturated carbocycles. The minimum atomic E-state index is -0.179. The molecule has 22 heavy (non-hydrogen) atoms. The number of aromatic nitrogens is 1. The number of hydrazine groups is 1. The molecule has 120 valence electrons. The summed E-state index contributed by atoms with van der Waals surface area (Å²) in [4.78, 5) is 18.9. The van der Waals surface area contributed by atoms with E-state index < -0.39 is 0 Å². The van der Waals surface area contributed by atoms with Crippen molar-refractivity contribution in [3.63, 3.8) is 0 Å². The SMILES string of the molecule is CCN1CCCC1CNC(=O)C1CC(c2cccnc2)NN1. The van der Waals surface area contributed by atoms with Crippen molar-refractivity contribution in [2.45, 2.75) is 44.3 Å². The summed E-state index contributed by atoms with van der Waals surface area (Å²) in [7, 11) is 0. The molecule has 2 fully saturated rings. The van der Waals surface area contributed by atoms with Crippen LogP contribution in [-0.2, 0) is 4.79 Å². The number of likely N-dealkylation sites (tertiary alicyclic amines) is 1. The minimum Gasteiger partial charge on any atom is -0.353 e. The summed E-state index contributed by atoms with van der Waals surface area (Å²) in [5.74, 6) is 0.0850. The van der Waals surface area contributed by atoms with Crippen molar-refractivity contribution < 1.29 is 4.79 Å². The number of carbonyl (C=O) groups is 1. The molecule has 6 nitrogen and oxygen atoms in total. The molecule has 3 unspecified atom stereocenters. The predicted molar refractivity (Wildman–Crippen MR) is 84.9 cm³/mol. The summed E-state index contributed by atoms with van der Waals surface area (Å²) in [6.07, 6.45) is 6.78. The lowest BCUT2D eigenvalue weighted by atomic mass is 10.0. The number of pyridine rings is 1. The van der Waals surface area contributed by atoms with Crippen molar-refractivity contribution in [2.24, 2.45) is 0 Å². The maximum atomic E-state index is 12.3. The topological polar surface area (TPSA) is 69.3 Å². The zero-order valence-corrected chi connectivity index (χ0v) is 13.1. The van der Waals surface area contributed by atoms with Gasteiger partial charge in [0.15, 0.2) is 0 Å². The zero-order valence-electron chi connectivity index (χ0n) is 13.1. The average molecular weight is 303 g/mol. The van der Waals surface area contributed by atoms with E-state index >= 15 is 0 Å². The van der Waals surface area contributed by atoms with Gasteiger partial charge in [0.05, 0.1) is 0 Å². The predicted octanol–water partition coefficient (Wildman–Crippen LogP) is 0.590. The number of hydrogen-bond acceptors (Lipinski definition) is 5. The molecule has 0 aliphatic carbocycles. The molecule has 1 aromatic rings. The largest absolute Gasteiger partial charge is 0.353 e. The van der Waals surface area contributed by atoms with E-state index in [1.165, 1.54) is 12.8 Å². The van der Waals surface area contributed by atoms with Crippen LogP contribution in [0.4, 0.5) is 0 Å². The lowest BCUT2D eigenvalue weighted by Crippen LogP contribution is -2.47. The van der Waals surface area contributed by atoms with Gasteiger partial charge in [0.1, 0.15) is 6.04 Å². The van der Waals surface area contributed by atoms with Crippen LogP contribution >= 0.6 is 0 Å². The molecule has 3 N–H and O–H groups in total. The molecular weight excluding hydrogens is 278 g/mol. The second-order valence-corrected chi connectivity index (χ2v) is 6.09. The van der Waals surface area contributed by atoms with Crippen LogP contribution in [0.15, 0.2) is 24.5 Å². The number of likely N-dealkylation sites (N-methyl/N-ethyl adjacent to an activating group) is 1. The van der Waals surface area contributed by atoms with Gasteiger partial charge >= 0.3 is 0 Å². The molecular formula is C16H25N5O. The number of hydrogen-bond donors (Lipinski definition) is 3. The first kappa shape index (κ1) is 15.4. The second kappa shape index (κ2) is 7.17. The van der Waals surface area contributed by atoms with Crippen molar-refractivity contribution in [1.82, 2.24) is 26.1 Å². The molecule has 0 radical (unpaired) electrons. The molecule has 2 aliphatic heterocycles. The lowest BCUT2D eigenvalue weighted by molar-refractivity contribution is -0.123. The van der Waals surface area contributed by atoms with Crippen LogP contribution in [0.5, 0.6) is 0 Å². The normalized spacial score (nSPS) is 28.9. The van der Waals surface area contributed by atoms with Crippen molar-refractivity contribution >= 4 is 5.91 Å². The average Bonchev–Trinajstić information content (AvgIpc) is 3.22. The van der Waals surface area contributed by atoms with Crippen LogP contribution in [0.25, 0.3) is 0 Å². The lowest BCUT2D eigenvalue weighted by Gasteiger charge is -2.23. The Kier molecular flexibility index (Phi) is 5.02. The molecule has 1 amide bonds. The van der Waals surface area contributed by atoms with Crippen molar-refractivity contribution in [1.29, 1.82) is 0 Å². The van der Waals surface area contributed by atoms with E-state index in [1.54, 1.807) is 6.20 Å². The fourth-order valence-corrected chi connectivity index (χ4v) is 3.41. The first-order chi connectivity index (χ1) is 10.8. The second-order valence-electron chi connectivity index (χ2n) is 6.09. The first-order valence-corrected chi connectivity index (χ1v) is 8.20. The molecule has 0 spiro atoms. The van der Waals surface area contributed by atoms with E-state index in [1.807, 2.05) is 18.3 Å². The molecule has 2 saturated heterocycles. The number of amides is 1. The minimum absolute atomic E-state index is 0.0850. The van der Waals surface area contributed by atoms with Crippen LogP contribution in [0.2, 0.25) is 0 Å². The third-order valence-electron chi connectivity index (χ3n) is 4.72. The maximum Gasteiger partial charge on any atom is 0.238 e. The zero-order chi connectivity index (χ0) is 15.4. The molecule has 3 heterocycles. The molecule has 0 bridgehead atoms. The Morgan fingerprint density at radius 2 is 2.41 bits per heavy atom. The van der Waals surface area contributed by atoms with Gasteiger partial charge in [-0.2, -0.15) is 0 Å². The Labute approximate surface area is 131 Å². The van der Waals surface area contributed by atoms with Gasteiger partial charge in [0, 0.05) is 31.0 Å². The van der Waals surface area contributed by atoms with Gasteiger partial charge in [-0.25, -0.2) is 10.9 Å². The van der Waals surface area contributed by atoms with Gasteiger partial charge in [0.2, 0.25) is 5.91 Å². The monoisotopic (exact) mass is 303 g/mol. The van der Waals surface area contributed by atoms with Gasteiger partial charge in [-0.15, -0.1) is 0 Å². The highest BCUT2D eigenvalue weighted by Crippen LogP contribution is 2.21. The van der Waals surface area contributed by atoms with Gasteiger partial charge in [0.25, 0.3) is 0 Å². The molecule has 2 aliphatic rings. The number of nitrogens with one attached hydrogen (secondary N) is 3. The van der Waals surface area contributed by atoms with Gasteiger partial charge < -0.3 is 5.32 Å². The highest BCUT2D eigenvalue weighted by Gasteiger charge is 2.31. The molecule has 0 aromatic carbocycles. The molecule has 3 atom stereocenters. The highest BCUT2D eigenvalue weighted by atomic mass is 16.2. The van der Waals surface area contributed by atoms with Crippen LogP contribution in [0, 0.1) is 0 Å². The summed E-state index contributed by atoms with van der Waals surface area (Å²) in [5, 5.41) is 3.10. The third kappa shape index (κ3) is 3.45. The molecule has 6 heteroatoms. The van der Waals surface area contributed by atoms with Gasteiger partial charge in [-0.1, -0.05) is 13.0 Å². The number of nitrogens with zero attached hydrogens (tertiary/aromatic N) is 2. The van der Waals surface area contributed by atoms with Crippen molar-refractivity contribution in [3.05, 3.63) is 30.1 Å². The fraction of sp³-hybridized carbons (Fsp3) is 0.625. The smallest absolute Gasteiger partial charge is 0.238 e. The Morgan fingerprint density at radius 1 is 1.50 bits per heavy atom. The summed E-state index contributed by atoms with van der Waals surface area (Å²) in [5.41, 5.74) is 7.40. The highest BCUT2D eigenvalue weighted by molar-refractivity contribution is 5.82. The van der Waals surface area contributed by atoms with E-state index in [2.05, 4.69) is 33.0 Å². The quantitative estimate of drug-likeness (QED) is 0.743. The van der Waals surface area contributed by atoms with E-state index in [0.29, 0.717) is 6.04 Å². The summed E-state index contributed by atoms with van der Waals surface area (Å²) in [6.45, 7) is 5.15. The Hall–Kier alpha value is -1.50. The van der Waals surface area contributed by atoms with E-state index in [0.717, 1.165) is 31.6 Å². The van der Waals surface area contributed by atoms with Crippen LogP contribution in [0.3, 0.4) is 0 Å². The summed E-state index contributed by atoms with van der Waals surface area (Å²) < 4.78 is 0. The van der Waals surface area contributed by atoms with Crippen LogP contribution in [-0.4, -0.2) is 47.5 Å². The number of rotatable bonds is 5. The maximum absolute atomic E-state index is 12.3. The van der Waals surface area contributed by atoms with Crippen molar-refractivity contribution in [2.75, 3.05) is 19.6 Å². The van der Waals surface area contributed by atoms with E-state index in [4.69, 9.17) is 0 Å². The van der Waals surface area contributed by atoms with Crippen LogP contribution in [0.1, 0.15) is 37.8 Å². The Morgan fingerprint density at radius 3 is 3.18 bits per heavy atom. The standard InChI is InChI=1S/C16H25N5O/c1-2-21-8-4-6-13(21)11-18-16(22)15-9-14(19-20-15)12-5-3-7-17-10-12/h3,5,7,10,13-15,19-20H,2,4,6,8-9,11H2,1H3,(H,18,22).